The molecule has 0 saturated heterocycles. The first-order valence-electron chi connectivity index (χ1n) is 9.19. The van der Waals surface area contributed by atoms with Crippen molar-refractivity contribution in [1.29, 1.82) is 0 Å². The molecular formula is C18H34O6Si. The second kappa shape index (κ2) is 12.2. The SMILES string of the molecule is CCOC(=O)/C(C)=C(\C(=O)OCC)[C@@H](CCO)O[Si](CC)(CC)CC. The lowest BCUT2D eigenvalue weighted by Gasteiger charge is -2.34. The Labute approximate surface area is 152 Å². The van der Waals surface area contributed by atoms with Gasteiger partial charge in [0.05, 0.1) is 24.9 Å². The third kappa shape index (κ3) is 6.91. The molecule has 0 aromatic heterocycles. The van der Waals surface area contributed by atoms with Gasteiger partial charge in [-0.1, -0.05) is 20.8 Å². The second-order valence-electron chi connectivity index (χ2n) is 5.84. The smallest absolute Gasteiger partial charge is 0.337 e. The van der Waals surface area contributed by atoms with Crippen LogP contribution in [-0.4, -0.2) is 51.3 Å². The lowest BCUT2D eigenvalue weighted by atomic mass is 10.0. The van der Waals surface area contributed by atoms with E-state index < -0.39 is 26.4 Å². The van der Waals surface area contributed by atoms with E-state index in [-0.39, 0.29) is 37.4 Å². The van der Waals surface area contributed by atoms with E-state index in [0.717, 1.165) is 18.1 Å². The van der Waals surface area contributed by atoms with Crippen molar-refractivity contribution in [3.63, 3.8) is 0 Å². The maximum absolute atomic E-state index is 12.5. The average molecular weight is 375 g/mol. The number of carbonyl (C=O) groups is 2. The van der Waals surface area contributed by atoms with E-state index in [1.165, 1.54) is 0 Å². The summed E-state index contributed by atoms with van der Waals surface area (Å²) in [5, 5.41) is 9.48. The van der Waals surface area contributed by atoms with Gasteiger partial charge < -0.3 is 19.0 Å². The molecule has 7 heteroatoms. The Morgan fingerprint density at radius 2 is 1.40 bits per heavy atom. The number of hydrogen-bond donors (Lipinski definition) is 1. The molecule has 25 heavy (non-hydrogen) atoms. The number of esters is 2. The van der Waals surface area contributed by atoms with Crippen LogP contribution in [0.3, 0.4) is 0 Å². The molecule has 0 spiro atoms. The number of rotatable bonds is 12. The molecule has 0 aliphatic carbocycles. The molecule has 0 fully saturated rings. The van der Waals surface area contributed by atoms with Gasteiger partial charge in [0, 0.05) is 12.2 Å². The van der Waals surface area contributed by atoms with Crippen molar-refractivity contribution in [1.82, 2.24) is 0 Å². The Kier molecular flexibility index (Phi) is 11.6. The third-order valence-electron chi connectivity index (χ3n) is 4.52. The van der Waals surface area contributed by atoms with Crippen molar-refractivity contribution < 1.29 is 28.6 Å². The van der Waals surface area contributed by atoms with Crippen LogP contribution in [0.5, 0.6) is 0 Å². The lowest BCUT2D eigenvalue weighted by Crippen LogP contribution is -2.42. The number of aliphatic hydroxyl groups is 1. The normalized spacial score (nSPS) is 13.9. The Morgan fingerprint density at radius 1 is 0.920 bits per heavy atom. The maximum Gasteiger partial charge on any atom is 0.337 e. The summed E-state index contributed by atoms with van der Waals surface area (Å²) in [6.07, 6.45) is -0.431. The Hall–Kier alpha value is -1.18. The quantitative estimate of drug-likeness (QED) is 0.321. The Balaban J connectivity index is 5.99. The van der Waals surface area contributed by atoms with E-state index in [2.05, 4.69) is 20.8 Å². The van der Waals surface area contributed by atoms with E-state index >= 15 is 0 Å². The first kappa shape index (κ1) is 23.8. The van der Waals surface area contributed by atoms with Gasteiger partial charge in [-0.3, -0.25) is 0 Å². The van der Waals surface area contributed by atoms with E-state index in [9.17, 15) is 14.7 Å². The molecule has 0 bridgehead atoms. The zero-order valence-electron chi connectivity index (χ0n) is 16.5. The predicted octanol–water partition coefficient (Wildman–Crippen LogP) is 3.20. The van der Waals surface area contributed by atoms with Gasteiger partial charge in [-0.25, -0.2) is 9.59 Å². The van der Waals surface area contributed by atoms with Crippen LogP contribution in [0.25, 0.3) is 0 Å². The van der Waals surface area contributed by atoms with Crippen LogP contribution in [0.4, 0.5) is 0 Å². The summed E-state index contributed by atoms with van der Waals surface area (Å²) in [6.45, 7) is 11.5. The summed E-state index contributed by atoms with van der Waals surface area (Å²) in [7, 11) is -2.05. The molecule has 0 aromatic rings. The van der Waals surface area contributed by atoms with Crippen molar-refractivity contribution in [2.24, 2.45) is 0 Å². The highest BCUT2D eigenvalue weighted by atomic mass is 28.4. The summed E-state index contributed by atoms with van der Waals surface area (Å²) < 4.78 is 16.6. The minimum absolute atomic E-state index is 0.148. The van der Waals surface area contributed by atoms with E-state index in [1.807, 2.05) is 0 Å². The van der Waals surface area contributed by atoms with Crippen molar-refractivity contribution in [2.75, 3.05) is 19.8 Å². The van der Waals surface area contributed by atoms with Gasteiger partial charge in [0.15, 0.2) is 8.32 Å². The van der Waals surface area contributed by atoms with Crippen LogP contribution in [-0.2, 0) is 23.5 Å². The molecule has 0 rings (SSSR count). The fourth-order valence-electron chi connectivity index (χ4n) is 2.77. The van der Waals surface area contributed by atoms with Gasteiger partial charge in [0.1, 0.15) is 0 Å². The first-order valence-corrected chi connectivity index (χ1v) is 11.7. The summed E-state index contributed by atoms with van der Waals surface area (Å²) in [5.74, 6) is -1.15. The third-order valence-corrected chi connectivity index (χ3v) is 9.17. The fourth-order valence-corrected chi connectivity index (χ4v) is 5.60. The minimum atomic E-state index is -2.05. The number of carbonyl (C=O) groups excluding carboxylic acids is 2. The Morgan fingerprint density at radius 3 is 1.80 bits per heavy atom. The van der Waals surface area contributed by atoms with E-state index in [4.69, 9.17) is 13.9 Å². The second-order valence-corrected chi connectivity index (χ2v) is 10.6. The first-order chi connectivity index (χ1) is 11.9. The lowest BCUT2D eigenvalue weighted by molar-refractivity contribution is -0.142. The molecule has 0 heterocycles. The van der Waals surface area contributed by atoms with Gasteiger partial charge >= 0.3 is 11.9 Å². The monoisotopic (exact) mass is 374 g/mol. The zero-order valence-corrected chi connectivity index (χ0v) is 17.5. The highest BCUT2D eigenvalue weighted by molar-refractivity contribution is 6.73. The molecule has 1 N–H and O–H groups in total. The van der Waals surface area contributed by atoms with Crippen molar-refractivity contribution in [2.45, 2.75) is 72.2 Å². The fraction of sp³-hybridized carbons (Fsp3) is 0.778. The van der Waals surface area contributed by atoms with E-state index in [1.54, 1.807) is 20.8 Å². The highest BCUT2D eigenvalue weighted by Gasteiger charge is 2.36. The summed E-state index contributed by atoms with van der Waals surface area (Å²) >= 11 is 0. The molecule has 0 unspecified atom stereocenters. The van der Waals surface area contributed by atoms with Gasteiger partial charge in [-0.15, -0.1) is 0 Å². The maximum atomic E-state index is 12.5. The molecule has 0 amide bonds. The van der Waals surface area contributed by atoms with Crippen LogP contribution >= 0.6 is 0 Å². The number of hydrogen-bond acceptors (Lipinski definition) is 6. The van der Waals surface area contributed by atoms with Crippen molar-refractivity contribution >= 4 is 20.3 Å². The largest absolute Gasteiger partial charge is 0.463 e. The molecule has 0 aliphatic heterocycles. The summed E-state index contributed by atoms with van der Waals surface area (Å²) in [6, 6.07) is 2.70. The number of aliphatic hydroxyl groups excluding tert-OH is 1. The van der Waals surface area contributed by atoms with Crippen molar-refractivity contribution in [3.05, 3.63) is 11.1 Å². The zero-order chi connectivity index (χ0) is 19.5. The molecule has 0 saturated carbocycles. The Bertz CT molecular complexity index is 448. The van der Waals surface area contributed by atoms with Crippen LogP contribution in [0.15, 0.2) is 11.1 Å². The predicted molar refractivity (Wildman–Crippen MR) is 99.7 cm³/mol. The minimum Gasteiger partial charge on any atom is -0.463 e. The highest BCUT2D eigenvalue weighted by Crippen LogP contribution is 2.29. The van der Waals surface area contributed by atoms with Crippen LogP contribution in [0.1, 0.15) is 48.0 Å². The van der Waals surface area contributed by atoms with E-state index in [0.29, 0.717) is 0 Å². The molecule has 0 aromatic carbocycles. The van der Waals surface area contributed by atoms with Gasteiger partial charge in [0.2, 0.25) is 0 Å². The van der Waals surface area contributed by atoms with Gasteiger partial charge in [0.25, 0.3) is 0 Å². The van der Waals surface area contributed by atoms with Crippen molar-refractivity contribution in [3.8, 4) is 0 Å². The number of ether oxygens (including phenoxy) is 2. The molecular weight excluding hydrogens is 340 g/mol. The summed E-state index contributed by atoms with van der Waals surface area (Å²) in [4.78, 5) is 24.7. The van der Waals surface area contributed by atoms with Crippen LogP contribution < -0.4 is 0 Å². The molecule has 146 valence electrons. The van der Waals surface area contributed by atoms with Crippen LogP contribution in [0.2, 0.25) is 18.1 Å². The van der Waals surface area contributed by atoms with Crippen LogP contribution in [0, 0.1) is 0 Å². The average Bonchev–Trinajstić information content (AvgIpc) is 2.60. The standard InChI is InChI=1S/C18H34O6Si/c1-7-22-17(20)14(6)16(18(21)23-8-2)15(12-13-19)24-25(9-3,10-4)11-5/h15,19H,7-13H2,1-6H3/b16-14-/t15-/m1/s1. The van der Waals surface area contributed by atoms with Gasteiger partial charge in [-0.05, 0) is 45.3 Å². The summed E-state index contributed by atoms with van der Waals surface area (Å²) in [5.41, 5.74) is 0.353. The van der Waals surface area contributed by atoms with Gasteiger partial charge in [-0.2, -0.15) is 0 Å². The molecule has 0 aliphatic rings. The topological polar surface area (TPSA) is 82.1 Å². The molecule has 6 nitrogen and oxygen atoms in total. The molecule has 1 atom stereocenters. The molecule has 0 radical (unpaired) electrons.